The fourth-order valence-corrected chi connectivity index (χ4v) is 5.18. The lowest BCUT2D eigenvalue weighted by Crippen LogP contribution is -2.78. The van der Waals surface area contributed by atoms with Crippen LogP contribution in [0.15, 0.2) is 30.3 Å². The van der Waals surface area contributed by atoms with Crippen LogP contribution in [0.4, 0.5) is 0 Å². The van der Waals surface area contributed by atoms with Crippen molar-refractivity contribution in [2.45, 2.75) is 42.2 Å². The number of thioether (sulfide) groups is 1. The molecule has 1 aromatic rings. The van der Waals surface area contributed by atoms with E-state index in [2.05, 4.69) is 5.32 Å². The number of hydrogen-bond acceptors (Lipinski definition) is 5. The van der Waals surface area contributed by atoms with Crippen LogP contribution in [0.2, 0.25) is 0 Å². The lowest BCUT2D eigenvalue weighted by atomic mass is 9.89. The van der Waals surface area contributed by atoms with Crippen LogP contribution >= 0.6 is 11.8 Å². The fourth-order valence-electron chi connectivity index (χ4n) is 3.45. The monoisotopic (exact) mass is 364 g/mol. The maximum atomic E-state index is 12.5. The Morgan fingerprint density at radius 1 is 1.32 bits per heavy atom. The Morgan fingerprint density at radius 2 is 1.96 bits per heavy atom. The molecule has 25 heavy (non-hydrogen) atoms. The second-order valence-corrected chi connectivity index (χ2v) is 8.35. The van der Waals surface area contributed by atoms with Gasteiger partial charge in [-0.1, -0.05) is 30.3 Å². The Kier molecular flexibility index (Phi) is 4.28. The summed E-state index contributed by atoms with van der Waals surface area (Å²) in [5.41, 5.74) is -1.04. The molecule has 2 heterocycles. The highest BCUT2D eigenvalue weighted by Gasteiger charge is 2.74. The van der Waals surface area contributed by atoms with Crippen molar-refractivity contribution in [1.82, 2.24) is 10.2 Å². The summed E-state index contributed by atoms with van der Waals surface area (Å²) in [5.74, 6) is -2.12. The molecule has 3 atom stereocenters. The Morgan fingerprint density at radius 3 is 2.52 bits per heavy atom. The van der Waals surface area contributed by atoms with E-state index in [-0.39, 0.29) is 6.42 Å². The van der Waals surface area contributed by atoms with Crippen LogP contribution in [0.3, 0.4) is 0 Å². The van der Waals surface area contributed by atoms with Crippen molar-refractivity contribution in [3.63, 3.8) is 0 Å². The van der Waals surface area contributed by atoms with E-state index in [9.17, 15) is 19.5 Å². The molecule has 2 N–H and O–H groups in total. The van der Waals surface area contributed by atoms with Crippen molar-refractivity contribution in [1.29, 1.82) is 0 Å². The predicted octanol–water partition coefficient (Wildman–Crippen LogP) is 0.835. The molecule has 0 spiro atoms. The van der Waals surface area contributed by atoms with Crippen LogP contribution in [-0.4, -0.2) is 56.8 Å². The third-order valence-corrected chi connectivity index (χ3v) is 6.32. The summed E-state index contributed by atoms with van der Waals surface area (Å²) in [5, 5.41) is 12.1. The minimum Gasteiger partial charge on any atom is -0.478 e. The van der Waals surface area contributed by atoms with Crippen LogP contribution in [0.1, 0.15) is 19.4 Å². The lowest BCUT2D eigenvalue weighted by Gasteiger charge is -2.49. The summed E-state index contributed by atoms with van der Waals surface area (Å²) in [7, 11) is 1.42. The van der Waals surface area contributed by atoms with E-state index in [1.54, 1.807) is 26.0 Å². The van der Waals surface area contributed by atoms with E-state index < -0.39 is 39.7 Å². The molecule has 0 unspecified atom stereocenters. The molecule has 0 saturated carbocycles. The van der Waals surface area contributed by atoms with Gasteiger partial charge in [0.15, 0.2) is 6.10 Å². The maximum absolute atomic E-state index is 12.5. The smallest absolute Gasteiger partial charge is 0.352 e. The van der Waals surface area contributed by atoms with E-state index in [1.165, 1.54) is 23.8 Å². The van der Waals surface area contributed by atoms with Crippen molar-refractivity contribution in [2.75, 3.05) is 7.11 Å². The molecule has 2 fully saturated rings. The topological polar surface area (TPSA) is 95.9 Å². The number of rotatable bonds is 5. The highest BCUT2D eigenvalue weighted by Crippen LogP contribution is 2.56. The number of aliphatic carboxylic acids is 1. The van der Waals surface area contributed by atoms with Crippen LogP contribution in [-0.2, 0) is 25.5 Å². The highest BCUT2D eigenvalue weighted by molar-refractivity contribution is 8.01. The average molecular weight is 364 g/mol. The van der Waals surface area contributed by atoms with Gasteiger partial charge in [-0.2, -0.15) is 0 Å². The Balaban J connectivity index is 1.90. The number of benzene rings is 1. The molecule has 134 valence electrons. The summed E-state index contributed by atoms with van der Waals surface area (Å²) in [4.78, 5) is 38.4. The van der Waals surface area contributed by atoms with Gasteiger partial charge in [-0.05, 0) is 19.4 Å². The van der Waals surface area contributed by atoms with E-state index >= 15 is 0 Å². The zero-order valence-electron chi connectivity index (χ0n) is 14.2. The van der Waals surface area contributed by atoms with Gasteiger partial charge in [-0.3, -0.25) is 14.5 Å². The SMILES string of the molecule is CO[C@H]1C(=O)N2[C@@H]1SC(C)(C)[C@]2(NC(=O)Cc1ccccc1)C(=O)O. The van der Waals surface area contributed by atoms with E-state index in [4.69, 9.17) is 4.74 Å². The number of fused-ring (bicyclic) bond motifs is 1. The van der Waals surface area contributed by atoms with Crippen LogP contribution in [0.25, 0.3) is 0 Å². The molecule has 2 aliphatic heterocycles. The summed E-state index contributed by atoms with van der Waals surface area (Å²) >= 11 is 1.32. The van der Waals surface area contributed by atoms with Crippen molar-refractivity contribution < 1.29 is 24.2 Å². The first-order valence-electron chi connectivity index (χ1n) is 7.86. The number of carboxylic acid groups (broad SMARTS) is 1. The van der Waals surface area contributed by atoms with Gasteiger partial charge in [0.25, 0.3) is 5.91 Å². The molecular formula is C17H20N2O5S. The summed E-state index contributed by atoms with van der Waals surface area (Å²) in [6.45, 7) is 3.43. The van der Waals surface area contributed by atoms with Gasteiger partial charge in [-0.15, -0.1) is 11.8 Å². The molecular weight excluding hydrogens is 344 g/mol. The highest BCUT2D eigenvalue weighted by atomic mass is 32.2. The molecule has 8 heteroatoms. The second-order valence-electron chi connectivity index (χ2n) is 6.61. The van der Waals surface area contributed by atoms with Crippen molar-refractivity contribution in [2.24, 2.45) is 0 Å². The van der Waals surface area contributed by atoms with Gasteiger partial charge in [0, 0.05) is 7.11 Å². The number of nitrogens with one attached hydrogen (secondary N) is 1. The van der Waals surface area contributed by atoms with Crippen LogP contribution in [0, 0.1) is 0 Å². The molecule has 7 nitrogen and oxygen atoms in total. The quantitative estimate of drug-likeness (QED) is 0.752. The molecule has 3 rings (SSSR count). The molecule has 2 saturated heterocycles. The van der Waals surface area contributed by atoms with E-state index in [0.29, 0.717) is 0 Å². The maximum Gasteiger partial charge on any atom is 0.352 e. The number of ether oxygens (including phenoxy) is 1. The Hall–Kier alpha value is -2.06. The molecule has 0 bridgehead atoms. The van der Waals surface area contributed by atoms with Gasteiger partial charge in [0.05, 0.1) is 11.2 Å². The van der Waals surface area contributed by atoms with Gasteiger partial charge < -0.3 is 15.2 Å². The molecule has 0 aromatic heterocycles. The first-order chi connectivity index (χ1) is 11.7. The van der Waals surface area contributed by atoms with E-state index in [1.807, 2.05) is 18.2 Å². The van der Waals surface area contributed by atoms with Gasteiger partial charge >= 0.3 is 5.97 Å². The first-order valence-corrected chi connectivity index (χ1v) is 8.74. The van der Waals surface area contributed by atoms with Crippen molar-refractivity contribution in [3.8, 4) is 0 Å². The number of carbonyl (C=O) groups is 3. The van der Waals surface area contributed by atoms with E-state index in [0.717, 1.165) is 5.56 Å². The van der Waals surface area contributed by atoms with Crippen molar-refractivity contribution in [3.05, 3.63) is 35.9 Å². The Bertz CT molecular complexity index is 723. The third-order valence-electron chi connectivity index (χ3n) is 4.73. The molecule has 2 aliphatic rings. The number of methoxy groups -OCH3 is 1. The normalized spacial score (nSPS) is 29.7. The number of amides is 2. The van der Waals surface area contributed by atoms with Gasteiger partial charge in [-0.25, -0.2) is 4.79 Å². The van der Waals surface area contributed by atoms with Crippen LogP contribution in [0.5, 0.6) is 0 Å². The molecule has 0 radical (unpaired) electrons. The van der Waals surface area contributed by atoms with Gasteiger partial charge in [0.1, 0.15) is 5.37 Å². The van der Waals surface area contributed by atoms with Gasteiger partial charge in [0.2, 0.25) is 11.6 Å². The number of hydrogen-bond donors (Lipinski definition) is 2. The zero-order valence-corrected chi connectivity index (χ0v) is 15.0. The third kappa shape index (κ3) is 2.51. The Labute approximate surface area is 149 Å². The second kappa shape index (κ2) is 6.03. The minimum atomic E-state index is -1.81. The molecule has 2 amide bonds. The molecule has 0 aliphatic carbocycles. The first kappa shape index (κ1) is 17.8. The zero-order chi connectivity index (χ0) is 18.4. The van der Waals surface area contributed by atoms with Crippen molar-refractivity contribution >= 4 is 29.5 Å². The predicted molar refractivity (Wildman–Crippen MR) is 91.8 cm³/mol. The standard InChI is InChI=1S/C17H20N2O5S/c1-16(2)17(15(22)23,19-13(21)12(24-3)14(19)25-16)18-11(20)9-10-7-5-4-6-8-10/h4-8,12,14H,9H2,1-3H3,(H,18,20)(H,22,23)/t12-,14+,17-/m0/s1. The summed E-state index contributed by atoms with van der Waals surface area (Å²) in [6.07, 6.45) is -0.645. The molecule has 1 aromatic carbocycles. The summed E-state index contributed by atoms with van der Waals surface area (Å²) < 4.78 is 4.24. The van der Waals surface area contributed by atoms with Crippen LogP contribution < -0.4 is 5.32 Å². The fraction of sp³-hybridized carbons (Fsp3) is 0.471. The minimum absolute atomic E-state index is 0.0387. The number of β-lactam (4-membered cyclic amide) rings is 1. The lowest BCUT2D eigenvalue weighted by molar-refractivity contribution is -0.187. The largest absolute Gasteiger partial charge is 0.478 e. The average Bonchev–Trinajstić information content (AvgIpc) is 2.74. The number of carbonyl (C=O) groups excluding carboxylic acids is 2. The number of nitrogens with zero attached hydrogens (tertiary/aromatic N) is 1. The summed E-state index contributed by atoms with van der Waals surface area (Å²) in [6, 6.07) is 9.04. The number of carboxylic acids is 1.